The monoisotopic (exact) mass is 337 g/mol. The van der Waals surface area contributed by atoms with E-state index < -0.39 is 22.2 Å². The molecule has 0 saturated carbocycles. The molecule has 1 heterocycles. The van der Waals surface area contributed by atoms with Crippen molar-refractivity contribution in [3.05, 3.63) is 29.1 Å². The molecule has 114 valence electrons. The van der Waals surface area contributed by atoms with Crippen molar-refractivity contribution in [1.82, 2.24) is 4.72 Å². The summed E-state index contributed by atoms with van der Waals surface area (Å²) in [5, 5.41) is 10.1. The summed E-state index contributed by atoms with van der Waals surface area (Å²) in [6, 6.07) is 2.45. The number of sulfonamides is 1. The van der Waals surface area contributed by atoms with Crippen molar-refractivity contribution in [3.63, 3.8) is 0 Å². The van der Waals surface area contributed by atoms with Crippen LogP contribution in [0, 0.1) is 5.92 Å². The first-order valence-corrected chi connectivity index (χ1v) is 9.06. The van der Waals surface area contributed by atoms with Crippen LogP contribution in [0.3, 0.4) is 0 Å². The number of aliphatic hydroxyl groups excluding tert-OH is 1. The largest absolute Gasteiger partial charge is 0.391 e. The van der Waals surface area contributed by atoms with Gasteiger partial charge in [0.2, 0.25) is 10.0 Å². The van der Waals surface area contributed by atoms with Crippen molar-refractivity contribution >= 4 is 33.0 Å². The molecule has 2 N–H and O–H groups in total. The van der Waals surface area contributed by atoms with E-state index in [0.29, 0.717) is 10.8 Å². The molecule has 20 heavy (non-hydrogen) atoms. The second-order valence-corrected chi connectivity index (χ2v) is 8.34. The molecule has 0 unspecified atom stereocenters. The van der Waals surface area contributed by atoms with E-state index >= 15 is 0 Å². The molecule has 1 aromatic heterocycles. The van der Waals surface area contributed by atoms with Crippen LogP contribution in [0.5, 0.6) is 0 Å². The van der Waals surface area contributed by atoms with Gasteiger partial charge in [-0.15, -0.1) is 17.9 Å². The lowest BCUT2D eigenvalue weighted by molar-refractivity contribution is 0.114. The molecule has 1 aromatic rings. The lowest BCUT2D eigenvalue weighted by Gasteiger charge is -2.28. The smallest absolute Gasteiger partial charge is 0.250 e. The Kier molecular flexibility index (Phi) is 6.68. The lowest BCUT2D eigenvalue weighted by Crippen LogP contribution is -2.46. The molecular weight excluding hydrogens is 318 g/mol. The van der Waals surface area contributed by atoms with Crippen molar-refractivity contribution < 1.29 is 13.5 Å². The van der Waals surface area contributed by atoms with E-state index in [1.54, 1.807) is 12.1 Å². The fourth-order valence-electron chi connectivity index (χ4n) is 1.82. The van der Waals surface area contributed by atoms with Gasteiger partial charge in [-0.25, -0.2) is 13.1 Å². The Hall–Kier alpha value is -0.400. The quantitative estimate of drug-likeness (QED) is 0.716. The highest BCUT2D eigenvalue weighted by atomic mass is 35.5. The molecule has 0 bridgehead atoms. The second-order valence-electron chi connectivity index (χ2n) is 4.68. The minimum atomic E-state index is -3.67. The third-order valence-corrected chi connectivity index (χ3v) is 6.37. The van der Waals surface area contributed by atoms with E-state index in [0.717, 1.165) is 17.8 Å². The topological polar surface area (TPSA) is 66.4 Å². The summed E-state index contributed by atoms with van der Waals surface area (Å²) in [5.74, 6) is 0.00941. The number of halogens is 1. The Labute approximate surface area is 129 Å². The predicted octanol–water partition coefficient (Wildman–Crippen LogP) is 3.03. The first-order chi connectivity index (χ1) is 9.31. The molecule has 0 aliphatic heterocycles. The van der Waals surface area contributed by atoms with Gasteiger partial charge in [0.25, 0.3) is 0 Å². The van der Waals surface area contributed by atoms with Crippen molar-refractivity contribution in [2.75, 3.05) is 0 Å². The molecule has 0 fully saturated rings. The molecular formula is C13H20ClNO3S2. The number of rotatable bonds is 8. The van der Waals surface area contributed by atoms with E-state index in [1.165, 1.54) is 6.07 Å². The van der Waals surface area contributed by atoms with Gasteiger partial charge >= 0.3 is 0 Å². The van der Waals surface area contributed by atoms with Crippen LogP contribution in [0.4, 0.5) is 0 Å². The zero-order valence-corrected chi connectivity index (χ0v) is 13.9. The first kappa shape index (κ1) is 17.7. The van der Waals surface area contributed by atoms with Crippen LogP contribution in [0.25, 0.3) is 0 Å². The fraction of sp³-hybridized carbons (Fsp3) is 0.538. The number of aliphatic hydroxyl groups is 1. The van der Waals surface area contributed by atoms with Crippen LogP contribution in [-0.2, 0) is 10.0 Å². The number of hydrogen-bond acceptors (Lipinski definition) is 4. The van der Waals surface area contributed by atoms with Gasteiger partial charge in [0.05, 0.1) is 16.5 Å². The van der Waals surface area contributed by atoms with Gasteiger partial charge in [-0.2, -0.15) is 0 Å². The minimum Gasteiger partial charge on any atom is -0.391 e. The predicted molar refractivity (Wildman–Crippen MR) is 83.7 cm³/mol. The van der Waals surface area contributed by atoms with E-state index in [-0.39, 0.29) is 10.1 Å². The van der Waals surface area contributed by atoms with Gasteiger partial charge in [-0.05, 0) is 24.5 Å². The summed E-state index contributed by atoms with van der Waals surface area (Å²) in [7, 11) is -3.67. The maximum absolute atomic E-state index is 12.3. The number of thiophene rings is 1. The van der Waals surface area contributed by atoms with Crippen LogP contribution >= 0.6 is 22.9 Å². The summed E-state index contributed by atoms with van der Waals surface area (Å²) >= 11 is 6.76. The maximum Gasteiger partial charge on any atom is 0.250 e. The Morgan fingerprint density at radius 1 is 1.55 bits per heavy atom. The van der Waals surface area contributed by atoms with E-state index in [9.17, 15) is 13.5 Å². The third kappa shape index (κ3) is 4.56. The second kappa shape index (κ2) is 7.56. The first-order valence-electron chi connectivity index (χ1n) is 6.38. The Balaban J connectivity index is 2.96. The number of nitrogens with one attached hydrogen (secondary N) is 1. The molecule has 0 aliphatic carbocycles. The highest BCUT2D eigenvalue weighted by Crippen LogP contribution is 2.26. The summed E-state index contributed by atoms with van der Waals surface area (Å²) < 4.78 is 27.7. The zero-order valence-electron chi connectivity index (χ0n) is 11.5. The molecule has 4 nitrogen and oxygen atoms in total. The van der Waals surface area contributed by atoms with E-state index in [4.69, 9.17) is 11.6 Å². The lowest BCUT2D eigenvalue weighted by atomic mass is 9.94. The molecule has 3 atom stereocenters. The van der Waals surface area contributed by atoms with Crippen LogP contribution in [0.15, 0.2) is 29.0 Å². The Bertz CT molecular complexity index is 542. The summed E-state index contributed by atoms with van der Waals surface area (Å²) in [6.45, 7) is 7.43. The Morgan fingerprint density at radius 3 is 2.65 bits per heavy atom. The highest BCUT2D eigenvalue weighted by molar-refractivity contribution is 7.91. The van der Waals surface area contributed by atoms with Gasteiger partial charge in [-0.1, -0.05) is 37.9 Å². The molecule has 1 rings (SSSR count). The normalized spacial score (nSPS) is 16.6. The van der Waals surface area contributed by atoms with Crippen LogP contribution in [-0.4, -0.2) is 25.7 Å². The Morgan fingerprint density at radius 2 is 2.20 bits per heavy atom. The van der Waals surface area contributed by atoms with Crippen LogP contribution in [0.1, 0.15) is 26.7 Å². The van der Waals surface area contributed by atoms with Crippen molar-refractivity contribution in [1.29, 1.82) is 0 Å². The highest BCUT2D eigenvalue weighted by Gasteiger charge is 2.29. The molecule has 0 amide bonds. The molecule has 0 spiro atoms. The van der Waals surface area contributed by atoms with Crippen molar-refractivity contribution in [2.24, 2.45) is 5.92 Å². The van der Waals surface area contributed by atoms with Gasteiger partial charge < -0.3 is 5.11 Å². The molecule has 0 radical (unpaired) electrons. The van der Waals surface area contributed by atoms with Gasteiger partial charge in [0, 0.05) is 0 Å². The van der Waals surface area contributed by atoms with Crippen LogP contribution in [0.2, 0.25) is 4.34 Å². The maximum atomic E-state index is 12.3. The molecule has 0 saturated heterocycles. The van der Waals surface area contributed by atoms with Gasteiger partial charge in [-0.3, -0.25) is 0 Å². The van der Waals surface area contributed by atoms with Crippen molar-refractivity contribution in [2.45, 2.75) is 43.0 Å². The average molecular weight is 338 g/mol. The molecule has 0 aliphatic rings. The van der Waals surface area contributed by atoms with Crippen molar-refractivity contribution in [3.8, 4) is 0 Å². The summed E-state index contributed by atoms with van der Waals surface area (Å²) in [4.78, 5) is 0. The van der Waals surface area contributed by atoms with Gasteiger partial charge in [0.1, 0.15) is 4.21 Å². The zero-order chi connectivity index (χ0) is 15.3. The molecule has 0 aromatic carbocycles. The average Bonchev–Trinajstić information content (AvgIpc) is 2.83. The summed E-state index contributed by atoms with van der Waals surface area (Å²) in [6.07, 6.45) is 1.87. The number of hydrogen-bond donors (Lipinski definition) is 2. The van der Waals surface area contributed by atoms with Gasteiger partial charge in [0.15, 0.2) is 0 Å². The fourth-order valence-corrected chi connectivity index (χ4v) is 4.70. The SMILES string of the molecule is C=CC[C@@H](O)[C@H](NS(=O)(=O)c1ccc(Cl)s1)[C@@H](C)CC. The van der Waals surface area contributed by atoms with E-state index in [2.05, 4.69) is 11.3 Å². The standard InChI is InChI=1S/C13H20ClNO3S2/c1-4-6-10(16)13(9(3)5-2)15-20(17,18)12-8-7-11(14)19-12/h4,7-10,13,15-16H,1,5-6H2,2-3H3/t9-,10+,13+/m0/s1. The molecule has 7 heteroatoms. The summed E-state index contributed by atoms with van der Waals surface area (Å²) in [5.41, 5.74) is 0. The van der Waals surface area contributed by atoms with E-state index in [1.807, 2.05) is 13.8 Å². The third-order valence-electron chi connectivity index (χ3n) is 3.18. The minimum absolute atomic E-state index is 0.00941. The van der Waals surface area contributed by atoms with Crippen LogP contribution < -0.4 is 4.72 Å².